The zero-order valence-corrected chi connectivity index (χ0v) is 13.5. The first-order chi connectivity index (χ1) is 10.8. The minimum Gasteiger partial charge on any atom is -0.481 e. The molecule has 0 aromatic heterocycles. The van der Waals surface area contributed by atoms with Crippen molar-refractivity contribution in [2.75, 3.05) is 0 Å². The zero-order valence-electron chi connectivity index (χ0n) is 13.5. The van der Waals surface area contributed by atoms with E-state index in [1.54, 1.807) is 0 Å². The van der Waals surface area contributed by atoms with Crippen molar-refractivity contribution in [2.24, 2.45) is 17.6 Å². The molecule has 0 aliphatic heterocycles. The summed E-state index contributed by atoms with van der Waals surface area (Å²) in [5.74, 6) is -2.69. The number of carbonyl (C=O) groups is 3. The molecule has 1 rings (SSSR count). The van der Waals surface area contributed by atoms with E-state index in [0.29, 0.717) is 12.8 Å². The van der Waals surface area contributed by atoms with Gasteiger partial charge in [0.1, 0.15) is 6.04 Å². The van der Waals surface area contributed by atoms with Crippen LogP contribution in [0.5, 0.6) is 0 Å². The van der Waals surface area contributed by atoms with Gasteiger partial charge in [0.2, 0.25) is 11.8 Å². The van der Waals surface area contributed by atoms with E-state index in [4.69, 9.17) is 10.8 Å². The molecule has 6 heteroatoms. The number of carboxylic acid groups (broad SMARTS) is 1. The van der Waals surface area contributed by atoms with Gasteiger partial charge in [-0.2, -0.15) is 0 Å². The van der Waals surface area contributed by atoms with Crippen LogP contribution < -0.4 is 11.1 Å². The van der Waals surface area contributed by atoms with E-state index in [-0.39, 0.29) is 12.3 Å². The Bertz CT molecular complexity index is 543. The number of rotatable bonds is 9. The third kappa shape index (κ3) is 6.95. The summed E-state index contributed by atoms with van der Waals surface area (Å²) in [7, 11) is 0. The van der Waals surface area contributed by atoms with Crippen molar-refractivity contribution in [3.63, 3.8) is 0 Å². The minimum absolute atomic E-state index is 0.180. The standard InChI is InChI=1S/C17H24N2O4/c1-11(2)8-14(16(18)22)19-17(23)13(10-15(20)21)9-12-6-4-3-5-7-12/h3-7,11,13-14H,8-10H2,1-2H3,(H2,18,22)(H,19,23)(H,20,21)/t13-,14+/m1/s1. The fourth-order valence-corrected chi connectivity index (χ4v) is 2.37. The maximum atomic E-state index is 12.4. The summed E-state index contributed by atoms with van der Waals surface area (Å²) in [5.41, 5.74) is 6.19. The van der Waals surface area contributed by atoms with Gasteiger partial charge in [0.05, 0.1) is 12.3 Å². The number of nitrogens with one attached hydrogen (secondary N) is 1. The van der Waals surface area contributed by atoms with E-state index < -0.39 is 29.7 Å². The second-order valence-electron chi connectivity index (χ2n) is 6.08. The molecule has 23 heavy (non-hydrogen) atoms. The van der Waals surface area contributed by atoms with Crippen LogP contribution in [0.3, 0.4) is 0 Å². The summed E-state index contributed by atoms with van der Waals surface area (Å²) in [6.45, 7) is 3.83. The highest BCUT2D eigenvalue weighted by atomic mass is 16.4. The van der Waals surface area contributed by atoms with Gasteiger partial charge in [-0.3, -0.25) is 14.4 Å². The molecule has 0 radical (unpaired) electrons. The summed E-state index contributed by atoms with van der Waals surface area (Å²) in [4.78, 5) is 34.9. The number of amides is 2. The van der Waals surface area contributed by atoms with Gasteiger partial charge in [0.15, 0.2) is 0 Å². The Balaban J connectivity index is 2.82. The number of carboxylic acids is 1. The molecule has 6 nitrogen and oxygen atoms in total. The van der Waals surface area contributed by atoms with E-state index in [1.807, 2.05) is 44.2 Å². The number of hydrogen-bond acceptors (Lipinski definition) is 3. The molecule has 0 bridgehead atoms. The van der Waals surface area contributed by atoms with Gasteiger partial charge in [-0.05, 0) is 24.3 Å². The van der Waals surface area contributed by atoms with Crippen LogP contribution in [0.15, 0.2) is 30.3 Å². The molecule has 1 aromatic carbocycles. The number of nitrogens with two attached hydrogens (primary N) is 1. The number of benzene rings is 1. The van der Waals surface area contributed by atoms with Gasteiger partial charge in [-0.1, -0.05) is 44.2 Å². The van der Waals surface area contributed by atoms with E-state index in [2.05, 4.69) is 5.32 Å². The Kier molecular flexibility index (Phi) is 7.25. The van der Waals surface area contributed by atoms with Crippen LogP contribution in [-0.2, 0) is 20.8 Å². The van der Waals surface area contributed by atoms with Crippen LogP contribution in [0.4, 0.5) is 0 Å². The van der Waals surface area contributed by atoms with Crippen LogP contribution in [-0.4, -0.2) is 28.9 Å². The lowest BCUT2D eigenvalue weighted by molar-refractivity contribution is -0.141. The third-order valence-corrected chi connectivity index (χ3v) is 3.48. The molecule has 0 unspecified atom stereocenters. The summed E-state index contributed by atoms with van der Waals surface area (Å²) in [5, 5.41) is 11.6. The van der Waals surface area contributed by atoms with Gasteiger partial charge < -0.3 is 16.2 Å². The lowest BCUT2D eigenvalue weighted by Gasteiger charge is -2.21. The number of carbonyl (C=O) groups excluding carboxylic acids is 2. The van der Waals surface area contributed by atoms with Crippen LogP contribution in [0.1, 0.15) is 32.3 Å². The molecule has 0 spiro atoms. The third-order valence-electron chi connectivity index (χ3n) is 3.48. The smallest absolute Gasteiger partial charge is 0.304 e. The lowest BCUT2D eigenvalue weighted by Crippen LogP contribution is -2.47. The highest BCUT2D eigenvalue weighted by molar-refractivity contribution is 5.89. The number of aliphatic carboxylic acids is 1. The summed E-state index contributed by atoms with van der Waals surface area (Å²) in [6.07, 6.45) is 0.423. The average molecular weight is 320 g/mol. The fraction of sp³-hybridized carbons (Fsp3) is 0.471. The van der Waals surface area contributed by atoms with Crippen LogP contribution in [0.2, 0.25) is 0 Å². The first kappa shape index (κ1) is 18.7. The van der Waals surface area contributed by atoms with Crippen LogP contribution in [0.25, 0.3) is 0 Å². The van der Waals surface area contributed by atoms with Crippen molar-refractivity contribution < 1.29 is 19.5 Å². The van der Waals surface area contributed by atoms with Crippen molar-refractivity contribution in [1.29, 1.82) is 0 Å². The Labute approximate surface area is 136 Å². The fourth-order valence-electron chi connectivity index (χ4n) is 2.37. The predicted octanol–water partition coefficient (Wildman–Crippen LogP) is 1.34. The first-order valence-corrected chi connectivity index (χ1v) is 7.65. The summed E-state index contributed by atoms with van der Waals surface area (Å²) < 4.78 is 0. The van der Waals surface area contributed by atoms with Gasteiger partial charge in [0, 0.05) is 0 Å². The second kappa shape index (κ2) is 8.92. The highest BCUT2D eigenvalue weighted by Gasteiger charge is 2.26. The molecule has 0 saturated heterocycles. The van der Waals surface area contributed by atoms with E-state index in [0.717, 1.165) is 5.56 Å². The molecule has 2 atom stereocenters. The Morgan fingerprint density at radius 1 is 1.17 bits per heavy atom. The minimum atomic E-state index is -1.06. The highest BCUT2D eigenvalue weighted by Crippen LogP contribution is 2.14. The predicted molar refractivity (Wildman–Crippen MR) is 86.5 cm³/mol. The lowest BCUT2D eigenvalue weighted by atomic mass is 9.94. The van der Waals surface area contributed by atoms with Gasteiger partial charge >= 0.3 is 5.97 Å². The van der Waals surface area contributed by atoms with Crippen molar-refractivity contribution >= 4 is 17.8 Å². The monoisotopic (exact) mass is 320 g/mol. The second-order valence-corrected chi connectivity index (χ2v) is 6.08. The molecule has 0 heterocycles. The molecule has 0 aliphatic rings. The molecular weight excluding hydrogens is 296 g/mol. The molecule has 0 saturated carbocycles. The molecule has 0 aliphatic carbocycles. The summed E-state index contributed by atoms with van der Waals surface area (Å²) >= 11 is 0. The Hall–Kier alpha value is -2.37. The summed E-state index contributed by atoms with van der Waals surface area (Å²) in [6, 6.07) is 8.40. The van der Waals surface area contributed by atoms with Crippen LogP contribution >= 0.6 is 0 Å². The van der Waals surface area contributed by atoms with E-state index in [9.17, 15) is 14.4 Å². The van der Waals surface area contributed by atoms with Crippen molar-refractivity contribution in [2.45, 2.75) is 39.2 Å². The van der Waals surface area contributed by atoms with E-state index in [1.165, 1.54) is 0 Å². The Morgan fingerprint density at radius 2 is 1.78 bits per heavy atom. The SMILES string of the molecule is CC(C)C[C@H](NC(=O)[C@@H](CC(=O)O)Cc1ccccc1)C(N)=O. The maximum Gasteiger partial charge on any atom is 0.304 e. The molecule has 4 N–H and O–H groups in total. The molecular formula is C17H24N2O4. The quantitative estimate of drug-likeness (QED) is 0.637. The first-order valence-electron chi connectivity index (χ1n) is 7.65. The average Bonchev–Trinajstić information content (AvgIpc) is 2.45. The normalized spacial score (nSPS) is 13.3. The molecule has 1 aromatic rings. The topological polar surface area (TPSA) is 109 Å². The van der Waals surface area contributed by atoms with E-state index >= 15 is 0 Å². The van der Waals surface area contributed by atoms with Gasteiger partial charge in [-0.15, -0.1) is 0 Å². The van der Waals surface area contributed by atoms with Crippen LogP contribution in [0, 0.1) is 11.8 Å². The van der Waals surface area contributed by atoms with Gasteiger partial charge in [-0.25, -0.2) is 0 Å². The zero-order chi connectivity index (χ0) is 17.4. The largest absolute Gasteiger partial charge is 0.481 e. The van der Waals surface area contributed by atoms with Gasteiger partial charge in [0.25, 0.3) is 0 Å². The number of primary amides is 1. The number of hydrogen-bond donors (Lipinski definition) is 3. The van der Waals surface area contributed by atoms with Crippen molar-refractivity contribution in [1.82, 2.24) is 5.32 Å². The molecule has 0 fully saturated rings. The molecule has 2 amide bonds. The Morgan fingerprint density at radius 3 is 2.26 bits per heavy atom. The van der Waals surface area contributed by atoms with Crippen molar-refractivity contribution in [3.05, 3.63) is 35.9 Å². The molecule has 126 valence electrons. The maximum absolute atomic E-state index is 12.4. The van der Waals surface area contributed by atoms with Crippen molar-refractivity contribution in [3.8, 4) is 0 Å².